The van der Waals surface area contributed by atoms with Gasteiger partial charge in [0.1, 0.15) is 6.54 Å². The molecule has 16 heteroatoms. The summed E-state index contributed by atoms with van der Waals surface area (Å²) in [6.07, 6.45) is 2.61. The van der Waals surface area contributed by atoms with Crippen molar-refractivity contribution in [1.29, 1.82) is 0 Å². The Labute approximate surface area is 246 Å². The van der Waals surface area contributed by atoms with E-state index in [4.69, 9.17) is 11.3 Å². The van der Waals surface area contributed by atoms with Gasteiger partial charge in [-0.05, 0) is 57.9 Å². The van der Waals surface area contributed by atoms with Crippen LogP contribution >= 0.6 is 0 Å². The number of hydrogen-bond donors (Lipinski definition) is 4. The predicted octanol–water partition coefficient (Wildman–Crippen LogP) is -2.31. The fourth-order valence-corrected chi connectivity index (χ4v) is 4.69. The molecule has 0 aliphatic rings. The Morgan fingerprint density at radius 1 is 1.03 bits per heavy atom. The SMILES string of the molecule is CCC(CC(CC(C)C(N)=O)C(=O)NCCCCCNC(=O)CN=[N+]=[N-])C(=O)NC(C)(C)CS(=O)(=O)[O-].[Na+]. The third-order valence-electron chi connectivity index (χ3n) is 5.68. The van der Waals surface area contributed by atoms with Gasteiger partial charge in [0.05, 0.1) is 15.9 Å². The minimum atomic E-state index is -4.57. The topological polar surface area (TPSA) is 236 Å². The largest absolute Gasteiger partial charge is 1.00 e. The van der Waals surface area contributed by atoms with E-state index >= 15 is 0 Å². The van der Waals surface area contributed by atoms with Crippen LogP contribution in [0.4, 0.5) is 0 Å². The maximum absolute atomic E-state index is 12.9. The van der Waals surface area contributed by atoms with E-state index in [1.54, 1.807) is 13.8 Å². The number of primary amides is 1. The van der Waals surface area contributed by atoms with Gasteiger partial charge in [0.25, 0.3) is 0 Å². The molecule has 5 N–H and O–H groups in total. The van der Waals surface area contributed by atoms with Crippen LogP contribution in [0.2, 0.25) is 0 Å². The summed E-state index contributed by atoms with van der Waals surface area (Å²) in [6.45, 7) is 6.70. The van der Waals surface area contributed by atoms with E-state index in [1.807, 2.05) is 0 Å². The zero-order valence-corrected chi connectivity index (χ0v) is 25.8. The molecule has 0 aromatic heterocycles. The van der Waals surface area contributed by atoms with Crippen LogP contribution in [-0.2, 0) is 29.3 Å². The van der Waals surface area contributed by atoms with Crippen LogP contribution in [0, 0.1) is 17.8 Å². The van der Waals surface area contributed by atoms with E-state index in [9.17, 15) is 32.1 Å². The van der Waals surface area contributed by atoms with Crippen molar-refractivity contribution in [2.75, 3.05) is 25.4 Å². The number of amides is 4. The molecule has 0 bridgehead atoms. The Morgan fingerprint density at radius 2 is 1.61 bits per heavy atom. The Morgan fingerprint density at radius 3 is 2.11 bits per heavy atom. The number of nitrogens with two attached hydrogens (primary N) is 1. The van der Waals surface area contributed by atoms with Crippen molar-refractivity contribution < 1.29 is 61.7 Å². The second-order valence-electron chi connectivity index (χ2n) is 9.74. The molecule has 0 aromatic carbocycles. The minimum absolute atomic E-state index is 0. The molecule has 3 unspecified atom stereocenters. The van der Waals surface area contributed by atoms with Crippen LogP contribution in [-0.4, -0.2) is 67.5 Å². The summed E-state index contributed by atoms with van der Waals surface area (Å²) in [7, 11) is -4.57. The second kappa shape index (κ2) is 19.2. The molecule has 0 saturated heterocycles. The van der Waals surface area contributed by atoms with Gasteiger partial charge in [-0.2, -0.15) is 0 Å². The molecule has 4 amide bonds. The molecule has 38 heavy (non-hydrogen) atoms. The number of carbonyl (C=O) groups is 4. The molecule has 0 rings (SSSR count). The molecule has 0 saturated carbocycles. The summed E-state index contributed by atoms with van der Waals surface area (Å²) >= 11 is 0. The zero-order valence-electron chi connectivity index (χ0n) is 23.0. The molecule has 0 aromatic rings. The van der Waals surface area contributed by atoms with Gasteiger partial charge in [-0.25, -0.2) is 8.42 Å². The third-order valence-corrected chi connectivity index (χ3v) is 6.75. The first-order valence-electron chi connectivity index (χ1n) is 12.2. The Hall–Kier alpha value is -1.90. The molecule has 3 atom stereocenters. The summed E-state index contributed by atoms with van der Waals surface area (Å²) in [5.74, 6) is -4.48. The van der Waals surface area contributed by atoms with Crippen LogP contribution in [0.3, 0.4) is 0 Å². The molecule has 0 fully saturated rings. The van der Waals surface area contributed by atoms with Gasteiger partial charge in [-0.3, -0.25) is 19.2 Å². The molecule has 14 nitrogen and oxygen atoms in total. The van der Waals surface area contributed by atoms with Crippen LogP contribution in [0.15, 0.2) is 5.11 Å². The molecule has 0 heterocycles. The number of nitrogens with one attached hydrogen (secondary N) is 3. The van der Waals surface area contributed by atoms with Crippen molar-refractivity contribution in [3.8, 4) is 0 Å². The molecule has 0 aliphatic heterocycles. The van der Waals surface area contributed by atoms with E-state index in [0.29, 0.717) is 38.8 Å². The van der Waals surface area contributed by atoms with Gasteiger partial charge < -0.3 is 26.2 Å². The smallest absolute Gasteiger partial charge is 0.748 e. The van der Waals surface area contributed by atoms with Gasteiger partial charge in [0, 0.05) is 41.3 Å². The van der Waals surface area contributed by atoms with Gasteiger partial charge in [-0.15, -0.1) is 0 Å². The van der Waals surface area contributed by atoms with Crippen molar-refractivity contribution in [1.82, 2.24) is 16.0 Å². The Bertz CT molecular complexity index is 940. The van der Waals surface area contributed by atoms with E-state index < -0.39 is 51.0 Å². The number of azide groups is 1. The van der Waals surface area contributed by atoms with Crippen LogP contribution in [0.5, 0.6) is 0 Å². The summed E-state index contributed by atoms with van der Waals surface area (Å²) < 4.78 is 33.4. The number of unbranched alkanes of at least 4 members (excludes halogenated alkanes) is 2. The standard InChI is InChI=1S/C22H41N7O7S.Na/c1-5-16(21(33)28-22(3,4)14-37(34,35)36)12-17(11-15(2)19(23)31)20(32)26-10-8-6-7-9-25-18(30)13-27-29-24;/h15-17H,5-14H2,1-4H3,(H2,23,31)(H,25,30)(H,26,32)(H,28,33)(H,34,35,36);/q;+1/p-1. The summed E-state index contributed by atoms with van der Waals surface area (Å²) in [5.41, 5.74) is 12.3. The normalized spacial score (nSPS) is 13.6. The number of nitrogens with zero attached hydrogens (tertiary/aromatic N) is 3. The maximum Gasteiger partial charge on any atom is 1.00 e. The van der Waals surface area contributed by atoms with Crippen molar-refractivity contribution in [2.24, 2.45) is 28.6 Å². The summed E-state index contributed by atoms with van der Waals surface area (Å²) in [5, 5.41) is 11.2. The van der Waals surface area contributed by atoms with Crippen molar-refractivity contribution >= 4 is 33.7 Å². The van der Waals surface area contributed by atoms with Crippen molar-refractivity contribution in [2.45, 2.75) is 71.8 Å². The van der Waals surface area contributed by atoms with Crippen molar-refractivity contribution in [3.63, 3.8) is 0 Å². The summed E-state index contributed by atoms with van der Waals surface area (Å²) in [6, 6.07) is 0. The van der Waals surface area contributed by atoms with Crippen LogP contribution in [0.1, 0.15) is 66.2 Å². The average Bonchev–Trinajstić information content (AvgIpc) is 2.76. The molecular weight excluding hydrogens is 529 g/mol. The molecule has 0 radical (unpaired) electrons. The summed E-state index contributed by atoms with van der Waals surface area (Å²) in [4.78, 5) is 51.2. The minimum Gasteiger partial charge on any atom is -0.748 e. The monoisotopic (exact) mass is 569 g/mol. The van der Waals surface area contributed by atoms with E-state index in [1.165, 1.54) is 13.8 Å². The van der Waals surface area contributed by atoms with E-state index in [2.05, 4.69) is 26.0 Å². The quantitative estimate of drug-likeness (QED) is 0.0331. The predicted molar refractivity (Wildman–Crippen MR) is 136 cm³/mol. The fraction of sp³-hybridized carbons (Fsp3) is 0.818. The Balaban J connectivity index is 0. The third kappa shape index (κ3) is 18.4. The fourth-order valence-electron chi connectivity index (χ4n) is 3.73. The first-order chi connectivity index (χ1) is 17.1. The van der Waals surface area contributed by atoms with Crippen molar-refractivity contribution in [3.05, 3.63) is 10.4 Å². The Kier molecular flexibility index (Phi) is 19.3. The molecule has 0 aliphatic carbocycles. The van der Waals surface area contributed by atoms with Gasteiger partial charge in [0.2, 0.25) is 23.6 Å². The van der Waals surface area contributed by atoms with E-state index in [0.717, 1.165) is 0 Å². The first kappa shape index (κ1) is 38.2. The number of hydrogen-bond acceptors (Lipinski definition) is 8. The zero-order chi connectivity index (χ0) is 28.6. The van der Waals surface area contributed by atoms with Crippen LogP contribution in [0.25, 0.3) is 10.4 Å². The molecule has 0 spiro atoms. The molecule has 212 valence electrons. The van der Waals surface area contributed by atoms with Crippen LogP contribution < -0.4 is 51.2 Å². The van der Waals surface area contributed by atoms with Gasteiger partial charge >= 0.3 is 29.6 Å². The maximum atomic E-state index is 12.9. The number of rotatable bonds is 19. The first-order valence-corrected chi connectivity index (χ1v) is 13.8. The van der Waals surface area contributed by atoms with Gasteiger partial charge in [0.15, 0.2) is 0 Å². The molecular formula is C22H40N7NaO7S. The van der Waals surface area contributed by atoms with E-state index in [-0.39, 0.29) is 60.8 Å². The van der Waals surface area contributed by atoms with Gasteiger partial charge in [-0.1, -0.05) is 19.0 Å². The average molecular weight is 570 g/mol. The second-order valence-corrected chi connectivity index (χ2v) is 11.1. The number of carbonyl (C=O) groups excluding carboxylic acids is 4.